The molecule has 0 bridgehead atoms. The number of aromatic nitrogens is 1. The van der Waals surface area contributed by atoms with Crippen molar-refractivity contribution in [1.29, 1.82) is 0 Å². The van der Waals surface area contributed by atoms with Crippen LogP contribution in [0.4, 0.5) is 13.2 Å². The van der Waals surface area contributed by atoms with Crippen LogP contribution in [0.3, 0.4) is 0 Å². The maximum atomic E-state index is 11.9. The van der Waals surface area contributed by atoms with Gasteiger partial charge in [-0.2, -0.15) is 0 Å². The minimum Gasteiger partial charge on any atom is -0.403 e. The fourth-order valence-corrected chi connectivity index (χ4v) is 1.67. The molecule has 0 fully saturated rings. The molecule has 1 aromatic rings. The molecule has 1 rings (SSSR count). The zero-order valence-electron chi connectivity index (χ0n) is 7.43. The van der Waals surface area contributed by atoms with Crippen LogP contribution in [0, 0.1) is 10.5 Å². The SMILES string of the molecule is Cc1ncc(OC(F)(F)F)c(I)c1C=O. The summed E-state index contributed by atoms with van der Waals surface area (Å²) in [7, 11) is 0. The maximum absolute atomic E-state index is 11.9. The number of rotatable bonds is 2. The van der Waals surface area contributed by atoms with Crippen LogP contribution in [0.15, 0.2) is 6.20 Å². The first-order valence-corrected chi connectivity index (χ1v) is 4.79. The van der Waals surface area contributed by atoms with Crippen LogP contribution in [0.2, 0.25) is 0 Å². The molecule has 0 N–H and O–H groups in total. The molecule has 0 saturated carbocycles. The molecule has 1 heterocycles. The summed E-state index contributed by atoms with van der Waals surface area (Å²) < 4.78 is 39.6. The van der Waals surface area contributed by atoms with Crippen molar-refractivity contribution in [2.75, 3.05) is 0 Å². The van der Waals surface area contributed by atoms with Crippen molar-refractivity contribution in [2.45, 2.75) is 13.3 Å². The fourth-order valence-electron chi connectivity index (χ4n) is 0.906. The summed E-state index contributed by atoms with van der Waals surface area (Å²) in [6.45, 7) is 1.53. The number of pyridine rings is 1. The average molecular weight is 331 g/mol. The predicted octanol–water partition coefficient (Wildman–Crippen LogP) is 2.71. The largest absolute Gasteiger partial charge is 0.573 e. The molecule has 1 aromatic heterocycles. The van der Waals surface area contributed by atoms with Gasteiger partial charge >= 0.3 is 6.36 Å². The minimum atomic E-state index is -4.78. The average Bonchev–Trinajstić information content (AvgIpc) is 2.09. The summed E-state index contributed by atoms with van der Waals surface area (Å²) in [5.41, 5.74) is 0.473. The van der Waals surface area contributed by atoms with Gasteiger partial charge in [-0.1, -0.05) is 0 Å². The second-order valence-corrected chi connectivity index (χ2v) is 3.68. The minimum absolute atomic E-state index is 0.104. The van der Waals surface area contributed by atoms with E-state index in [0.717, 1.165) is 6.20 Å². The third kappa shape index (κ3) is 3.05. The number of hydrogen-bond acceptors (Lipinski definition) is 3. The van der Waals surface area contributed by atoms with Gasteiger partial charge in [0.25, 0.3) is 0 Å². The molecular weight excluding hydrogens is 326 g/mol. The number of nitrogens with zero attached hydrogens (tertiary/aromatic N) is 1. The molecule has 15 heavy (non-hydrogen) atoms. The van der Waals surface area contributed by atoms with E-state index in [4.69, 9.17) is 0 Å². The fraction of sp³-hybridized carbons (Fsp3) is 0.250. The van der Waals surface area contributed by atoms with Gasteiger partial charge in [0, 0.05) is 5.69 Å². The molecular formula is C8H5F3INO2. The van der Waals surface area contributed by atoms with Gasteiger partial charge in [-0.25, -0.2) is 0 Å². The Labute approximate surface area is 96.8 Å². The van der Waals surface area contributed by atoms with Gasteiger partial charge in [0.1, 0.15) is 0 Å². The van der Waals surface area contributed by atoms with E-state index in [1.807, 2.05) is 0 Å². The highest BCUT2D eigenvalue weighted by atomic mass is 127. The van der Waals surface area contributed by atoms with E-state index in [1.165, 1.54) is 6.92 Å². The molecule has 0 atom stereocenters. The smallest absolute Gasteiger partial charge is 0.403 e. The zero-order chi connectivity index (χ0) is 11.6. The Bertz CT molecular complexity index is 392. The second kappa shape index (κ2) is 4.33. The molecule has 0 spiro atoms. The van der Waals surface area contributed by atoms with Crippen molar-refractivity contribution < 1.29 is 22.7 Å². The van der Waals surface area contributed by atoms with Gasteiger partial charge in [-0.15, -0.1) is 13.2 Å². The van der Waals surface area contributed by atoms with Crippen LogP contribution >= 0.6 is 22.6 Å². The third-order valence-electron chi connectivity index (χ3n) is 1.56. The molecule has 0 aliphatic rings. The lowest BCUT2D eigenvalue weighted by Gasteiger charge is -2.11. The van der Waals surface area contributed by atoms with Gasteiger partial charge in [-0.3, -0.25) is 9.78 Å². The normalized spacial score (nSPS) is 11.3. The van der Waals surface area contributed by atoms with E-state index in [9.17, 15) is 18.0 Å². The first-order chi connectivity index (χ1) is 6.85. The van der Waals surface area contributed by atoms with Crippen molar-refractivity contribution in [2.24, 2.45) is 0 Å². The molecule has 0 radical (unpaired) electrons. The highest BCUT2D eigenvalue weighted by molar-refractivity contribution is 14.1. The van der Waals surface area contributed by atoms with Gasteiger partial charge in [0.05, 0.1) is 15.3 Å². The monoisotopic (exact) mass is 331 g/mol. The highest BCUT2D eigenvalue weighted by Crippen LogP contribution is 2.29. The topological polar surface area (TPSA) is 39.2 Å². The van der Waals surface area contributed by atoms with Crippen LogP contribution in [-0.2, 0) is 0 Å². The van der Waals surface area contributed by atoms with Crippen molar-refractivity contribution in [3.63, 3.8) is 0 Å². The molecule has 82 valence electrons. The van der Waals surface area contributed by atoms with Crippen LogP contribution in [-0.4, -0.2) is 17.6 Å². The predicted molar refractivity (Wildman–Crippen MR) is 53.8 cm³/mol. The standard InChI is InChI=1S/C8H5F3INO2/c1-4-5(3-14)7(12)6(2-13-4)15-8(9,10)11/h2-3H,1H3. The van der Waals surface area contributed by atoms with E-state index in [2.05, 4.69) is 9.72 Å². The lowest BCUT2D eigenvalue weighted by Crippen LogP contribution is -2.18. The van der Waals surface area contributed by atoms with Gasteiger partial charge in [-0.05, 0) is 29.5 Å². The molecule has 0 aliphatic heterocycles. The summed E-state index contributed by atoms with van der Waals surface area (Å²) in [5, 5.41) is 0. The Morgan fingerprint density at radius 2 is 2.13 bits per heavy atom. The Balaban J connectivity index is 3.16. The summed E-state index contributed by atoms with van der Waals surface area (Å²) in [4.78, 5) is 14.2. The van der Waals surface area contributed by atoms with E-state index in [0.29, 0.717) is 12.0 Å². The molecule has 7 heteroatoms. The number of halogens is 4. The summed E-state index contributed by atoms with van der Waals surface area (Å²) >= 11 is 1.61. The van der Waals surface area contributed by atoms with Gasteiger partial charge < -0.3 is 4.74 Å². The number of aryl methyl sites for hydroxylation is 1. The number of alkyl halides is 3. The number of hydrogen-bond donors (Lipinski definition) is 0. The first-order valence-electron chi connectivity index (χ1n) is 3.71. The Kier molecular flexibility index (Phi) is 3.53. The van der Waals surface area contributed by atoms with Crippen LogP contribution in [0.25, 0.3) is 0 Å². The Morgan fingerprint density at radius 1 is 1.53 bits per heavy atom. The van der Waals surface area contributed by atoms with Crippen molar-refractivity contribution in [1.82, 2.24) is 4.98 Å². The lowest BCUT2D eigenvalue weighted by molar-refractivity contribution is -0.275. The molecule has 0 unspecified atom stereocenters. The molecule has 0 aliphatic carbocycles. The quantitative estimate of drug-likeness (QED) is 0.618. The van der Waals surface area contributed by atoms with Gasteiger partial charge in [0.2, 0.25) is 0 Å². The number of aldehydes is 1. The first kappa shape index (κ1) is 12.2. The van der Waals surface area contributed by atoms with Gasteiger partial charge in [0.15, 0.2) is 12.0 Å². The number of carbonyl (C=O) groups is 1. The Hall–Kier alpha value is -0.860. The van der Waals surface area contributed by atoms with E-state index in [-0.39, 0.29) is 9.13 Å². The Morgan fingerprint density at radius 3 is 2.60 bits per heavy atom. The molecule has 0 aromatic carbocycles. The second-order valence-electron chi connectivity index (χ2n) is 2.60. The maximum Gasteiger partial charge on any atom is 0.573 e. The third-order valence-corrected chi connectivity index (χ3v) is 2.67. The molecule has 0 saturated heterocycles. The van der Waals surface area contributed by atoms with E-state index < -0.39 is 12.1 Å². The summed E-state index contributed by atoms with van der Waals surface area (Å²) in [5.74, 6) is -0.462. The summed E-state index contributed by atoms with van der Waals surface area (Å²) in [6, 6.07) is 0. The molecule has 3 nitrogen and oxygen atoms in total. The van der Waals surface area contributed by atoms with Crippen molar-refractivity contribution in [3.8, 4) is 5.75 Å². The van der Waals surface area contributed by atoms with Crippen molar-refractivity contribution >= 4 is 28.9 Å². The molecule has 0 amide bonds. The van der Waals surface area contributed by atoms with Crippen LogP contribution in [0.1, 0.15) is 16.1 Å². The lowest BCUT2D eigenvalue weighted by atomic mass is 10.2. The van der Waals surface area contributed by atoms with E-state index in [1.54, 1.807) is 22.6 Å². The number of ether oxygens (including phenoxy) is 1. The number of carbonyl (C=O) groups excluding carboxylic acids is 1. The highest BCUT2D eigenvalue weighted by Gasteiger charge is 2.32. The van der Waals surface area contributed by atoms with E-state index >= 15 is 0 Å². The summed E-state index contributed by atoms with van der Waals surface area (Å²) in [6.07, 6.45) is -3.39. The zero-order valence-corrected chi connectivity index (χ0v) is 9.59. The van der Waals surface area contributed by atoms with Crippen molar-refractivity contribution in [3.05, 3.63) is 21.0 Å². The van der Waals surface area contributed by atoms with Crippen LogP contribution < -0.4 is 4.74 Å². The van der Waals surface area contributed by atoms with Crippen LogP contribution in [0.5, 0.6) is 5.75 Å².